The van der Waals surface area contributed by atoms with Crippen molar-refractivity contribution in [1.82, 2.24) is 9.88 Å². The zero-order chi connectivity index (χ0) is 13.9. The number of pyridine rings is 1. The van der Waals surface area contributed by atoms with E-state index in [1.807, 2.05) is 12.3 Å². The fraction of sp³-hybridized carbons (Fsp3) is 0.438. The summed E-state index contributed by atoms with van der Waals surface area (Å²) in [7, 11) is 0. The van der Waals surface area contributed by atoms with Crippen molar-refractivity contribution >= 4 is 10.9 Å². The summed E-state index contributed by atoms with van der Waals surface area (Å²) in [5, 5.41) is 1.20. The molecule has 2 atom stereocenters. The summed E-state index contributed by atoms with van der Waals surface area (Å²) in [6, 6.07) is 11.0. The van der Waals surface area contributed by atoms with Gasteiger partial charge in [-0.25, -0.2) is 0 Å². The van der Waals surface area contributed by atoms with E-state index in [1.165, 1.54) is 10.9 Å². The van der Waals surface area contributed by atoms with E-state index in [1.54, 1.807) is 0 Å². The highest BCUT2D eigenvalue weighted by Crippen LogP contribution is 2.18. The zero-order valence-corrected chi connectivity index (χ0v) is 11.8. The van der Waals surface area contributed by atoms with Crippen LogP contribution in [0.5, 0.6) is 0 Å². The highest BCUT2D eigenvalue weighted by atomic mass is 16.5. The molecule has 1 aromatic carbocycles. The quantitative estimate of drug-likeness (QED) is 0.924. The third-order valence-electron chi connectivity index (χ3n) is 3.95. The number of morpholine rings is 1. The van der Waals surface area contributed by atoms with E-state index in [-0.39, 0.29) is 6.10 Å². The van der Waals surface area contributed by atoms with Gasteiger partial charge in [-0.1, -0.05) is 12.1 Å². The van der Waals surface area contributed by atoms with E-state index in [4.69, 9.17) is 10.5 Å². The molecular formula is C16H21N3O. The molecule has 106 valence electrons. The molecule has 2 aromatic rings. The van der Waals surface area contributed by atoms with E-state index >= 15 is 0 Å². The van der Waals surface area contributed by atoms with Gasteiger partial charge < -0.3 is 10.5 Å². The van der Waals surface area contributed by atoms with E-state index in [0.717, 1.165) is 25.2 Å². The number of benzene rings is 1. The van der Waals surface area contributed by atoms with Gasteiger partial charge in [0.1, 0.15) is 0 Å². The van der Waals surface area contributed by atoms with Crippen molar-refractivity contribution in [1.29, 1.82) is 0 Å². The number of aromatic nitrogens is 1. The third kappa shape index (κ3) is 2.82. The second kappa shape index (κ2) is 5.87. The molecule has 1 aliphatic rings. The van der Waals surface area contributed by atoms with Gasteiger partial charge in [0.05, 0.1) is 18.2 Å². The van der Waals surface area contributed by atoms with E-state index in [2.05, 4.69) is 41.1 Å². The van der Waals surface area contributed by atoms with Crippen LogP contribution in [0.3, 0.4) is 0 Å². The maximum Gasteiger partial charge on any atom is 0.0824 e. The minimum Gasteiger partial charge on any atom is -0.374 e. The first-order chi connectivity index (χ1) is 9.76. The number of fused-ring (bicyclic) bond motifs is 1. The van der Waals surface area contributed by atoms with Gasteiger partial charge in [-0.05, 0) is 30.7 Å². The Kier molecular flexibility index (Phi) is 3.96. The van der Waals surface area contributed by atoms with Crippen LogP contribution in [-0.4, -0.2) is 41.7 Å². The van der Waals surface area contributed by atoms with Gasteiger partial charge in [-0.2, -0.15) is 0 Å². The topological polar surface area (TPSA) is 51.4 Å². The molecule has 1 aliphatic heterocycles. The Morgan fingerprint density at radius 3 is 3.15 bits per heavy atom. The van der Waals surface area contributed by atoms with Crippen molar-refractivity contribution < 1.29 is 4.74 Å². The monoisotopic (exact) mass is 271 g/mol. The molecule has 1 aromatic heterocycles. The second-order valence-electron chi connectivity index (χ2n) is 5.50. The lowest BCUT2D eigenvalue weighted by Gasteiger charge is -2.37. The fourth-order valence-electron chi connectivity index (χ4n) is 2.70. The maximum absolute atomic E-state index is 5.72. The summed E-state index contributed by atoms with van der Waals surface area (Å²) in [6.07, 6.45) is 1.99. The van der Waals surface area contributed by atoms with Crippen molar-refractivity contribution in [2.45, 2.75) is 25.6 Å². The van der Waals surface area contributed by atoms with Gasteiger partial charge in [0.25, 0.3) is 0 Å². The number of rotatable bonds is 3. The molecule has 2 N–H and O–H groups in total. The highest BCUT2D eigenvalue weighted by molar-refractivity contribution is 5.78. The van der Waals surface area contributed by atoms with Crippen molar-refractivity contribution in [2.75, 3.05) is 19.7 Å². The molecular weight excluding hydrogens is 250 g/mol. The summed E-state index contributed by atoms with van der Waals surface area (Å²) < 4.78 is 5.70. The average Bonchev–Trinajstić information content (AvgIpc) is 2.49. The molecule has 20 heavy (non-hydrogen) atoms. The molecule has 0 spiro atoms. The molecule has 0 amide bonds. The Morgan fingerprint density at radius 1 is 1.40 bits per heavy atom. The molecule has 0 aliphatic carbocycles. The number of nitrogens with zero attached hydrogens (tertiary/aromatic N) is 2. The van der Waals surface area contributed by atoms with Crippen molar-refractivity contribution in [3.8, 4) is 0 Å². The van der Waals surface area contributed by atoms with E-state index in [0.29, 0.717) is 12.6 Å². The van der Waals surface area contributed by atoms with Gasteiger partial charge in [-0.3, -0.25) is 9.88 Å². The Bertz CT molecular complexity index is 587. The Morgan fingerprint density at radius 2 is 2.30 bits per heavy atom. The molecule has 0 radical (unpaired) electrons. The molecule has 2 unspecified atom stereocenters. The molecule has 0 bridgehead atoms. The standard InChI is InChI=1S/C16H21N3O/c1-12-11-20-15(8-17)10-19(12)9-13-4-5-16-14(7-13)3-2-6-18-16/h2-7,12,15H,8-11,17H2,1H3. The summed E-state index contributed by atoms with van der Waals surface area (Å²) in [5.74, 6) is 0. The summed E-state index contributed by atoms with van der Waals surface area (Å²) in [5.41, 5.74) is 8.08. The lowest BCUT2D eigenvalue weighted by molar-refractivity contribution is -0.0567. The van der Waals surface area contributed by atoms with Crippen molar-refractivity contribution in [3.63, 3.8) is 0 Å². The van der Waals surface area contributed by atoms with Crippen LogP contribution in [0, 0.1) is 0 Å². The molecule has 4 heteroatoms. The number of ether oxygens (including phenoxy) is 1. The lowest BCUT2D eigenvalue weighted by atomic mass is 10.1. The van der Waals surface area contributed by atoms with Crippen LogP contribution < -0.4 is 5.73 Å². The minimum absolute atomic E-state index is 0.160. The van der Waals surface area contributed by atoms with Gasteiger partial charge in [0.2, 0.25) is 0 Å². The van der Waals surface area contributed by atoms with Gasteiger partial charge in [0, 0.05) is 37.3 Å². The second-order valence-corrected chi connectivity index (χ2v) is 5.50. The number of hydrogen-bond donors (Lipinski definition) is 1. The largest absolute Gasteiger partial charge is 0.374 e. The van der Waals surface area contributed by atoms with E-state index < -0.39 is 0 Å². The predicted octanol–water partition coefficient (Wildman–Crippen LogP) is 1.78. The SMILES string of the molecule is CC1COC(CN)CN1Cc1ccc2ncccc2c1. The Hall–Kier alpha value is -1.49. The third-order valence-corrected chi connectivity index (χ3v) is 3.95. The van der Waals surface area contributed by atoms with Crippen LogP contribution in [0.25, 0.3) is 10.9 Å². The maximum atomic E-state index is 5.72. The normalized spacial score (nSPS) is 24.1. The van der Waals surface area contributed by atoms with E-state index in [9.17, 15) is 0 Å². The molecule has 4 nitrogen and oxygen atoms in total. The van der Waals surface area contributed by atoms with Gasteiger partial charge >= 0.3 is 0 Å². The van der Waals surface area contributed by atoms with Crippen LogP contribution in [0.1, 0.15) is 12.5 Å². The first-order valence-electron chi connectivity index (χ1n) is 7.15. The van der Waals surface area contributed by atoms with Crippen LogP contribution in [0.2, 0.25) is 0 Å². The smallest absolute Gasteiger partial charge is 0.0824 e. The van der Waals surface area contributed by atoms with Gasteiger partial charge in [-0.15, -0.1) is 0 Å². The fourth-order valence-corrected chi connectivity index (χ4v) is 2.70. The molecule has 3 rings (SSSR count). The van der Waals surface area contributed by atoms with Crippen LogP contribution in [-0.2, 0) is 11.3 Å². The molecule has 2 heterocycles. The lowest BCUT2D eigenvalue weighted by Crippen LogP contribution is -2.49. The summed E-state index contributed by atoms with van der Waals surface area (Å²) in [4.78, 5) is 6.80. The summed E-state index contributed by atoms with van der Waals surface area (Å²) >= 11 is 0. The average molecular weight is 271 g/mol. The molecule has 1 fully saturated rings. The van der Waals surface area contributed by atoms with Crippen molar-refractivity contribution in [3.05, 3.63) is 42.1 Å². The van der Waals surface area contributed by atoms with Crippen LogP contribution in [0.15, 0.2) is 36.5 Å². The first-order valence-corrected chi connectivity index (χ1v) is 7.15. The Balaban J connectivity index is 1.77. The number of hydrogen-bond acceptors (Lipinski definition) is 4. The number of nitrogens with two attached hydrogens (primary N) is 1. The predicted molar refractivity (Wildman–Crippen MR) is 80.4 cm³/mol. The zero-order valence-electron chi connectivity index (χ0n) is 11.8. The first kappa shape index (κ1) is 13.5. The molecule has 1 saturated heterocycles. The molecule has 0 saturated carbocycles. The van der Waals surface area contributed by atoms with Crippen molar-refractivity contribution in [2.24, 2.45) is 5.73 Å². The Labute approximate surface area is 119 Å². The van der Waals surface area contributed by atoms with Gasteiger partial charge in [0.15, 0.2) is 0 Å². The summed E-state index contributed by atoms with van der Waals surface area (Å²) in [6.45, 7) is 5.39. The van der Waals surface area contributed by atoms with Crippen LogP contribution in [0.4, 0.5) is 0 Å². The van der Waals surface area contributed by atoms with Crippen LogP contribution >= 0.6 is 0 Å². The minimum atomic E-state index is 0.160. The highest BCUT2D eigenvalue weighted by Gasteiger charge is 2.25.